The Morgan fingerprint density at radius 3 is 1.94 bits per heavy atom. The summed E-state index contributed by atoms with van der Waals surface area (Å²) >= 11 is 0. The maximum atomic E-state index is 5.87. The summed E-state index contributed by atoms with van der Waals surface area (Å²) in [5.41, 5.74) is 7.08. The van der Waals surface area contributed by atoms with Crippen molar-refractivity contribution in [1.82, 2.24) is 0 Å². The SMILES string of the molecule is CC(N)c1ccc(OC(C)C(C)(C)C)cc1. The zero-order valence-electron chi connectivity index (χ0n) is 10.9. The summed E-state index contributed by atoms with van der Waals surface area (Å²) in [4.78, 5) is 0. The smallest absolute Gasteiger partial charge is 0.119 e. The van der Waals surface area contributed by atoms with Gasteiger partial charge in [0.05, 0.1) is 0 Å². The normalized spacial score (nSPS) is 15.6. The molecule has 2 nitrogen and oxygen atoms in total. The van der Waals surface area contributed by atoms with Crippen LogP contribution in [-0.4, -0.2) is 6.10 Å². The molecule has 0 radical (unpaired) electrons. The lowest BCUT2D eigenvalue weighted by atomic mass is 9.90. The quantitative estimate of drug-likeness (QED) is 0.847. The molecule has 2 unspecified atom stereocenters. The van der Waals surface area contributed by atoms with E-state index in [2.05, 4.69) is 27.7 Å². The van der Waals surface area contributed by atoms with Gasteiger partial charge in [-0.05, 0) is 37.0 Å². The van der Waals surface area contributed by atoms with E-state index in [0.29, 0.717) is 0 Å². The second kappa shape index (κ2) is 4.88. The average Bonchev–Trinajstić information content (AvgIpc) is 2.17. The van der Waals surface area contributed by atoms with Crippen LogP contribution in [0.15, 0.2) is 24.3 Å². The Kier molecular flexibility index (Phi) is 3.98. The maximum absolute atomic E-state index is 5.87. The topological polar surface area (TPSA) is 35.2 Å². The molecular weight excluding hydrogens is 198 g/mol. The van der Waals surface area contributed by atoms with Crippen LogP contribution in [0, 0.1) is 5.41 Å². The van der Waals surface area contributed by atoms with Gasteiger partial charge in [-0.25, -0.2) is 0 Å². The molecule has 0 amide bonds. The van der Waals surface area contributed by atoms with Gasteiger partial charge in [-0.15, -0.1) is 0 Å². The zero-order chi connectivity index (χ0) is 12.3. The molecule has 0 heterocycles. The van der Waals surface area contributed by atoms with Crippen molar-refractivity contribution in [3.63, 3.8) is 0 Å². The number of hydrogen-bond donors (Lipinski definition) is 1. The fraction of sp³-hybridized carbons (Fsp3) is 0.571. The van der Waals surface area contributed by atoms with Gasteiger partial charge in [0.25, 0.3) is 0 Å². The molecule has 0 aliphatic carbocycles. The van der Waals surface area contributed by atoms with E-state index in [1.807, 2.05) is 31.2 Å². The average molecular weight is 221 g/mol. The molecule has 2 atom stereocenters. The van der Waals surface area contributed by atoms with E-state index in [1.54, 1.807) is 0 Å². The minimum absolute atomic E-state index is 0.0779. The third kappa shape index (κ3) is 3.53. The number of benzene rings is 1. The van der Waals surface area contributed by atoms with Crippen LogP contribution in [0.2, 0.25) is 0 Å². The predicted molar refractivity (Wildman–Crippen MR) is 68.6 cm³/mol. The molecule has 90 valence electrons. The van der Waals surface area contributed by atoms with Crippen molar-refractivity contribution in [3.8, 4) is 5.75 Å². The lowest BCUT2D eigenvalue weighted by molar-refractivity contribution is 0.103. The van der Waals surface area contributed by atoms with Crippen LogP contribution in [0.4, 0.5) is 0 Å². The van der Waals surface area contributed by atoms with Crippen LogP contribution in [0.3, 0.4) is 0 Å². The molecule has 2 heteroatoms. The Hall–Kier alpha value is -1.02. The van der Waals surface area contributed by atoms with E-state index in [-0.39, 0.29) is 17.6 Å². The third-order valence-corrected chi connectivity index (χ3v) is 2.94. The molecule has 1 aromatic rings. The lowest BCUT2D eigenvalue weighted by Gasteiger charge is -2.28. The molecule has 0 spiro atoms. The minimum atomic E-state index is 0.0779. The Bertz CT molecular complexity index is 322. The molecule has 16 heavy (non-hydrogen) atoms. The second-order valence-corrected chi connectivity index (χ2v) is 5.48. The fourth-order valence-electron chi connectivity index (χ4n) is 1.23. The Balaban J connectivity index is 2.69. The second-order valence-electron chi connectivity index (χ2n) is 5.48. The van der Waals surface area contributed by atoms with Crippen molar-refractivity contribution in [2.45, 2.75) is 46.8 Å². The molecule has 0 aromatic heterocycles. The van der Waals surface area contributed by atoms with Gasteiger partial charge in [0.2, 0.25) is 0 Å². The van der Waals surface area contributed by atoms with E-state index >= 15 is 0 Å². The van der Waals surface area contributed by atoms with Gasteiger partial charge in [-0.1, -0.05) is 32.9 Å². The lowest BCUT2D eigenvalue weighted by Crippen LogP contribution is -2.28. The summed E-state index contributed by atoms with van der Waals surface area (Å²) in [5, 5.41) is 0. The molecule has 1 aromatic carbocycles. The van der Waals surface area contributed by atoms with E-state index in [0.717, 1.165) is 11.3 Å². The number of hydrogen-bond acceptors (Lipinski definition) is 2. The predicted octanol–water partition coefficient (Wildman–Crippen LogP) is 3.52. The van der Waals surface area contributed by atoms with Crippen LogP contribution < -0.4 is 10.5 Å². The van der Waals surface area contributed by atoms with Crippen LogP contribution in [0.5, 0.6) is 5.75 Å². The molecular formula is C14H23NO. The zero-order valence-corrected chi connectivity index (χ0v) is 10.9. The minimum Gasteiger partial charge on any atom is -0.490 e. The molecule has 0 bridgehead atoms. The summed E-state index contributed by atoms with van der Waals surface area (Å²) in [5.74, 6) is 0.909. The van der Waals surface area contributed by atoms with Gasteiger partial charge in [-0.2, -0.15) is 0 Å². The van der Waals surface area contributed by atoms with Crippen molar-refractivity contribution in [1.29, 1.82) is 0 Å². The standard InChI is InChI=1S/C14H23NO/c1-10(15)12-6-8-13(9-7-12)16-11(2)14(3,4)5/h6-11H,15H2,1-5H3. The van der Waals surface area contributed by atoms with Gasteiger partial charge in [0, 0.05) is 6.04 Å². The van der Waals surface area contributed by atoms with Crippen molar-refractivity contribution in [2.24, 2.45) is 11.1 Å². The number of ether oxygens (including phenoxy) is 1. The third-order valence-electron chi connectivity index (χ3n) is 2.94. The van der Waals surface area contributed by atoms with E-state index in [1.165, 1.54) is 0 Å². The van der Waals surface area contributed by atoms with Gasteiger partial charge in [0.15, 0.2) is 0 Å². The van der Waals surface area contributed by atoms with Crippen molar-refractivity contribution < 1.29 is 4.74 Å². The summed E-state index contributed by atoms with van der Waals surface area (Å²) < 4.78 is 5.87. The highest BCUT2D eigenvalue weighted by Crippen LogP contribution is 2.25. The van der Waals surface area contributed by atoms with Crippen LogP contribution in [0.25, 0.3) is 0 Å². The first-order valence-electron chi connectivity index (χ1n) is 5.83. The van der Waals surface area contributed by atoms with Crippen molar-refractivity contribution in [2.75, 3.05) is 0 Å². The summed E-state index contributed by atoms with van der Waals surface area (Å²) in [6, 6.07) is 8.10. The Morgan fingerprint density at radius 1 is 1.06 bits per heavy atom. The van der Waals surface area contributed by atoms with Gasteiger partial charge >= 0.3 is 0 Å². The molecule has 0 aliphatic rings. The highest BCUT2D eigenvalue weighted by atomic mass is 16.5. The molecule has 1 rings (SSSR count). The Labute approximate surface area is 98.8 Å². The van der Waals surface area contributed by atoms with E-state index in [9.17, 15) is 0 Å². The van der Waals surface area contributed by atoms with Crippen LogP contribution >= 0.6 is 0 Å². The van der Waals surface area contributed by atoms with E-state index in [4.69, 9.17) is 10.5 Å². The molecule has 2 N–H and O–H groups in total. The highest BCUT2D eigenvalue weighted by molar-refractivity contribution is 5.28. The summed E-state index contributed by atoms with van der Waals surface area (Å²) in [6.45, 7) is 10.6. The monoisotopic (exact) mass is 221 g/mol. The largest absolute Gasteiger partial charge is 0.490 e. The first-order chi connectivity index (χ1) is 7.30. The fourth-order valence-corrected chi connectivity index (χ4v) is 1.23. The van der Waals surface area contributed by atoms with Gasteiger partial charge < -0.3 is 10.5 Å². The molecule has 0 fully saturated rings. The van der Waals surface area contributed by atoms with Crippen molar-refractivity contribution in [3.05, 3.63) is 29.8 Å². The summed E-state index contributed by atoms with van der Waals surface area (Å²) in [6.07, 6.45) is 0.189. The number of rotatable bonds is 3. The van der Waals surface area contributed by atoms with E-state index < -0.39 is 0 Å². The van der Waals surface area contributed by atoms with Crippen LogP contribution in [-0.2, 0) is 0 Å². The molecule has 0 aliphatic heterocycles. The summed E-state index contributed by atoms with van der Waals surface area (Å²) in [7, 11) is 0. The van der Waals surface area contributed by atoms with Gasteiger partial charge in [-0.3, -0.25) is 0 Å². The van der Waals surface area contributed by atoms with Gasteiger partial charge in [0.1, 0.15) is 11.9 Å². The first-order valence-corrected chi connectivity index (χ1v) is 5.83. The van der Waals surface area contributed by atoms with Crippen LogP contribution in [0.1, 0.15) is 46.2 Å². The molecule has 0 saturated carbocycles. The molecule has 0 saturated heterocycles. The highest BCUT2D eigenvalue weighted by Gasteiger charge is 2.21. The number of nitrogens with two attached hydrogens (primary N) is 1. The first kappa shape index (κ1) is 13.0. The maximum Gasteiger partial charge on any atom is 0.119 e. The Morgan fingerprint density at radius 2 is 1.56 bits per heavy atom. The van der Waals surface area contributed by atoms with Crippen molar-refractivity contribution >= 4 is 0 Å².